The predicted octanol–water partition coefficient (Wildman–Crippen LogP) is 12.2. The van der Waals surface area contributed by atoms with Crippen molar-refractivity contribution >= 4 is 66.1 Å². The molecule has 3 heterocycles. The number of nitrogens with one attached hydrogen (secondary N) is 1. The van der Waals surface area contributed by atoms with E-state index in [1.54, 1.807) is 0 Å². The van der Waals surface area contributed by atoms with E-state index < -0.39 is 0 Å². The number of aliphatic imine (C=N–C) groups is 1. The molecule has 50 heavy (non-hydrogen) atoms. The van der Waals surface area contributed by atoms with Gasteiger partial charge in [-0.05, 0) is 99.6 Å². The second-order valence-electron chi connectivity index (χ2n) is 13.2. The van der Waals surface area contributed by atoms with Crippen molar-refractivity contribution in [1.82, 2.24) is 5.32 Å². The van der Waals surface area contributed by atoms with Crippen molar-refractivity contribution in [2.24, 2.45) is 4.99 Å². The molecule has 0 fully saturated rings. The molecule has 0 saturated carbocycles. The van der Waals surface area contributed by atoms with Crippen LogP contribution in [0, 0.1) is 0 Å². The first kappa shape index (κ1) is 28.6. The summed E-state index contributed by atoms with van der Waals surface area (Å²) >= 11 is 0. The van der Waals surface area contributed by atoms with Gasteiger partial charge in [-0.2, -0.15) is 0 Å². The zero-order valence-electron chi connectivity index (χ0n) is 27.5. The Labute approximate surface area is 289 Å². The number of benzene rings is 7. The van der Waals surface area contributed by atoms with Crippen LogP contribution in [0.1, 0.15) is 36.2 Å². The highest BCUT2D eigenvalue weighted by Crippen LogP contribution is 2.39. The molecule has 1 N–H and O–H groups in total. The van der Waals surface area contributed by atoms with Gasteiger partial charge in [0.2, 0.25) is 0 Å². The number of allylic oxidation sites excluding steroid dienone is 1. The van der Waals surface area contributed by atoms with E-state index in [2.05, 4.69) is 140 Å². The lowest BCUT2D eigenvalue weighted by Crippen LogP contribution is -2.18. The molecule has 1 atom stereocenters. The number of hydrogen-bond acceptors (Lipinski definition) is 4. The third kappa shape index (κ3) is 4.72. The fraction of sp³-hybridized carbons (Fsp3) is 0.0652. The summed E-state index contributed by atoms with van der Waals surface area (Å²) in [5.41, 5.74) is 12.8. The van der Waals surface area contributed by atoms with Crippen LogP contribution < -0.4 is 5.32 Å². The van der Waals surface area contributed by atoms with Crippen LogP contribution >= 0.6 is 0 Å². The summed E-state index contributed by atoms with van der Waals surface area (Å²) in [5.74, 6) is 0. The smallest absolute Gasteiger partial charge is 0.145 e. The largest absolute Gasteiger partial charge is 0.456 e. The molecule has 7 aromatic carbocycles. The molecule has 1 aliphatic rings. The molecule has 0 radical (unpaired) electrons. The number of furan rings is 2. The summed E-state index contributed by atoms with van der Waals surface area (Å²) in [6.07, 6.45) is 0.475. The topological polar surface area (TPSA) is 50.7 Å². The van der Waals surface area contributed by atoms with Crippen molar-refractivity contribution in [1.29, 1.82) is 0 Å². The van der Waals surface area contributed by atoms with Crippen molar-refractivity contribution in [3.8, 4) is 11.1 Å². The molecule has 2 aromatic heterocycles. The zero-order valence-corrected chi connectivity index (χ0v) is 27.5. The third-order valence-electron chi connectivity index (χ3n) is 10.1. The van der Waals surface area contributed by atoms with Gasteiger partial charge in [-0.1, -0.05) is 103 Å². The summed E-state index contributed by atoms with van der Waals surface area (Å²) in [5, 5.41) is 10.8. The molecule has 4 nitrogen and oxygen atoms in total. The van der Waals surface area contributed by atoms with Gasteiger partial charge in [0, 0.05) is 39.4 Å². The van der Waals surface area contributed by atoms with Gasteiger partial charge in [0.05, 0.1) is 0 Å². The van der Waals surface area contributed by atoms with Crippen LogP contribution in [0.5, 0.6) is 0 Å². The summed E-state index contributed by atoms with van der Waals surface area (Å²) in [7, 11) is 0. The zero-order chi connectivity index (χ0) is 33.2. The summed E-state index contributed by atoms with van der Waals surface area (Å²) in [6.45, 7) is 2.21. The lowest BCUT2D eigenvalue weighted by atomic mass is 9.96. The molecule has 0 spiro atoms. The molecule has 238 valence electrons. The molecule has 1 unspecified atom stereocenters. The van der Waals surface area contributed by atoms with Crippen molar-refractivity contribution < 1.29 is 8.83 Å². The standard InChI is InChI=1S/C46H32N2O2/c1-28-24-39(29-10-3-2-4-11-29)47-46(48-45(28)33-22-23-42-38(27-33)36-12-5-7-15-40(36)49-42)34-21-19-30-25-32(20-18-31(30)26-34)35-14-9-17-43-44(35)37-13-6-8-16-41(37)50-43/h2-23,25-27,46,48H,24H2,1H3. The Morgan fingerprint density at radius 3 is 2.10 bits per heavy atom. The quantitative estimate of drug-likeness (QED) is 0.207. The highest BCUT2D eigenvalue weighted by molar-refractivity contribution is 6.13. The second-order valence-corrected chi connectivity index (χ2v) is 13.2. The van der Waals surface area contributed by atoms with E-state index in [0.29, 0.717) is 0 Å². The molecular formula is C46H32N2O2. The van der Waals surface area contributed by atoms with Crippen LogP contribution in [-0.2, 0) is 0 Å². The van der Waals surface area contributed by atoms with Crippen LogP contribution in [-0.4, -0.2) is 5.71 Å². The molecule has 0 saturated heterocycles. The van der Waals surface area contributed by atoms with Gasteiger partial charge < -0.3 is 14.2 Å². The Morgan fingerprint density at radius 1 is 0.540 bits per heavy atom. The lowest BCUT2D eigenvalue weighted by molar-refractivity contribution is 0.668. The fourth-order valence-electron chi connectivity index (χ4n) is 7.63. The van der Waals surface area contributed by atoms with Gasteiger partial charge in [0.1, 0.15) is 28.5 Å². The van der Waals surface area contributed by atoms with Gasteiger partial charge in [0.25, 0.3) is 0 Å². The van der Waals surface area contributed by atoms with E-state index in [-0.39, 0.29) is 6.17 Å². The summed E-state index contributed by atoms with van der Waals surface area (Å²) in [4.78, 5) is 5.41. The number of rotatable bonds is 4. The Hall–Kier alpha value is -6.39. The number of nitrogens with zero attached hydrogens (tertiary/aromatic N) is 1. The van der Waals surface area contributed by atoms with Gasteiger partial charge >= 0.3 is 0 Å². The maximum atomic E-state index is 6.19. The Balaban J connectivity index is 1.07. The normalized spacial score (nSPS) is 15.2. The minimum Gasteiger partial charge on any atom is -0.456 e. The predicted molar refractivity (Wildman–Crippen MR) is 206 cm³/mol. The Kier molecular flexibility index (Phi) is 6.50. The van der Waals surface area contributed by atoms with Crippen LogP contribution in [0.3, 0.4) is 0 Å². The average Bonchev–Trinajstić information content (AvgIpc) is 3.68. The minimum atomic E-state index is -0.274. The van der Waals surface area contributed by atoms with Gasteiger partial charge in [-0.25, -0.2) is 0 Å². The molecule has 0 amide bonds. The minimum absolute atomic E-state index is 0.274. The molecular weight excluding hydrogens is 613 g/mol. The van der Waals surface area contributed by atoms with E-state index in [0.717, 1.165) is 78.4 Å². The van der Waals surface area contributed by atoms with Gasteiger partial charge in [-0.3, -0.25) is 4.99 Å². The van der Waals surface area contributed by atoms with E-state index in [9.17, 15) is 0 Å². The monoisotopic (exact) mass is 644 g/mol. The van der Waals surface area contributed by atoms with Crippen molar-refractivity contribution in [3.63, 3.8) is 0 Å². The van der Waals surface area contributed by atoms with Crippen molar-refractivity contribution in [2.75, 3.05) is 0 Å². The lowest BCUT2D eigenvalue weighted by Gasteiger charge is -2.20. The molecule has 9 aromatic rings. The van der Waals surface area contributed by atoms with Crippen LogP contribution in [0.4, 0.5) is 0 Å². The number of fused-ring (bicyclic) bond motifs is 7. The number of hydrogen-bond donors (Lipinski definition) is 1. The Bertz CT molecular complexity index is 2840. The summed E-state index contributed by atoms with van der Waals surface area (Å²) in [6, 6.07) is 53.3. The van der Waals surface area contributed by atoms with Crippen LogP contribution in [0.2, 0.25) is 0 Å². The highest BCUT2D eigenvalue weighted by Gasteiger charge is 2.22. The van der Waals surface area contributed by atoms with Crippen LogP contribution in [0.25, 0.3) is 71.5 Å². The maximum absolute atomic E-state index is 6.19. The SMILES string of the molecule is CC1=C(c2ccc3oc4ccccc4c3c2)NC(c2ccc3cc(-c4cccc5oc6ccccc6c45)ccc3c2)N=C(c2ccccc2)C1. The fourth-order valence-corrected chi connectivity index (χ4v) is 7.63. The van der Waals surface area contributed by atoms with E-state index >= 15 is 0 Å². The molecule has 1 aliphatic heterocycles. The molecule has 4 heteroatoms. The van der Waals surface area contributed by atoms with Crippen molar-refractivity contribution in [2.45, 2.75) is 19.5 Å². The van der Waals surface area contributed by atoms with E-state index in [4.69, 9.17) is 13.8 Å². The number of para-hydroxylation sites is 2. The third-order valence-corrected chi connectivity index (χ3v) is 10.1. The first-order valence-electron chi connectivity index (χ1n) is 17.1. The summed E-state index contributed by atoms with van der Waals surface area (Å²) < 4.78 is 12.4. The molecule has 0 aliphatic carbocycles. The van der Waals surface area contributed by atoms with Gasteiger partial charge in [-0.15, -0.1) is 0 Å². The van der Waals surface area contributed by atoms with Gasteiger partial charge in [0.15, 0.2) is 0 Å². The first-order chi connectivity index (χ1) is 24.7. The van der Waals surface area contributed by atoms with Crippen LogP contribution in [0.15, 0.2) is 171 Å². The van der Waals surface area contributed by atoms with Crippen molar-refractivity contribution in [3.05, 3.63) is 174 Å². The van der Waals surface area contributed by atoms with E-state index in [1.807, 2.05) is 24.3 Å². The highest BCUT2D eigenvalue weighted by atomic mass is 16.3. The second kappa shape index (κ2) is 11.4. The Morgan fingerprint density at radius 2 is 1.22 bits per heavy atom. The first-order valence-corrected chi connectivity index (χ1v) is 17.1. The molecule has 0 bridgehead atoms. The maximum Gasteiger partial charge on any atom is 0.145 e. The van der Waals surface area contributed by atoms with E-state index in [1.165, 1.54) is 27.5 Å². The average molecular weight is 645 g/mol. The molecule has 10 rings (SSSR count).